The number of amides is 1. The molecule has 2 aromatic carbocycles. The summed E-state index contributed by atoms with van der Waals surface area (Å²) in [5.41, 5.74) is 1.12. The van der Waals surface area contributed by atoms with Gasteiger partial charge in [0.1, 0.15) is 0 Å². The Bertz CT molecular complexity index is 832. The van der Waals surface area contributed by atoms with E-state index in [2.05, 4.69) is 19.2 Å². The molecule has 146 valence electrons. The van der Waals surface area contributed by atoms with Crippen molar-refractivity contribution in [2.75, 3.05) is 6.54 Å². The summed E-state index contributed by atoms with van der Waals surface area (Å²) in [5.74, 6) is 0.214. The van der Waals surface area contributed by atoms with Gasteiger partial charge in [-0.2, -0.15) is 0 Å². The molecule has 0 spiro atoms. The number of nitrogens with one attached hydrogen (secondary N) is 1. The number of hydrogen-bond donors (Lipinski definition) is 1. The lowest BCUT2D eigenvalue weighted by atomic mass is 9.99. The standard InChI is InChI=1S/C22H29NO3S/c1-3-5-10-18(4-2)16-23-22(24)20-12-9-11-19(15-20)17-27(25,26)21-13-7-6-8-14-21/h6-9,11-15,18H,3-5,10,16-17H2,1-2H3,(H,23,24). The van der Waals surface area contributed by atoms with Crippen molar-refractivity contribution in [2.45, 2.75) is 50.2 Å². The monoisotopic (exact) mass is 387 g/mol. The van der Waals surface area contributed by atoms with Gasteiger partial charge in [-0.3, -0.25) is 4.79 Å². The molecule has 2 rings (SSSR count). The molecule has 0 radical (unpaired) electrons. The van der Waals surface area contributed by atoms with Gasteiger partial charge in [-0.05, 0) is 42.2 Å². The van der Waals surface area contributed by atoms with E-state index in [-0.39, 0.29) is 11.7 Å². The molecule has 0 aliphatic carbocycles. The average molecular weight is 388 g/mol. The molecular formula is C22H29NO3S. The summed E-state index contributed by atoms with van der Waals surface area (Å²) in [6.45, 7) is 4.96. The fourth-order valence-electron chi connectivity index (χ4n) is 3.02. The largest absolute Gasteiger partial charge is 0.352 e. The summed E-state index contributed by atoms with van der Waals surface area (Å²) in [4.78, 5) is 12.8. The van der Waals surface area contributed by atoms with Crippen molar-refractivity contribution in [3.05, 3.63) is 65.7 Å². The van der Waals surface area contributed by atoms with E-state index in [1.807, 2.05) is 0 Å². The van der Waals surface area contributed by atoms with Crippen molar-refractivity contribution in [3.8, 4) is 0 Å². The molecule has 0 saturated heterocycles. The average Bonchev–Trinajstić information content (AvgIpc) is 2.68. The number of rotatable bonds is 10. The second-order valence-electron chi connectivity index (χ2n) is 6.90. The highest BCUT2D eigenvalue weighted by atomic mass is 32.2. The Balaban J connectivity index is 2.03. The fourth-order valence-corrected chi connectivity index (χ4v) is 4.37. The molecule has 1 atom stereocenters. The van der Waals surface area contributed by atoms with Crippen LogP contribution in [0.2, 0.25) is 0 Å². The Labute approximate surface area is 162 Å². The number of benzene rings is 2. The van der Waals surface area contributed by atoms with E-state index < -0.39 is 9.84 Å². The molecule has 4 nitrogen and oxygen atoms in total. The number of sulfone groups is 1. The van der Waals surface area contributed by atoms with Gasteiger partial charge in [0.15, 0.2) is 9.84 Å². The molecular weight excluding hydrogens is 358 g/mol. The lowest BCUT2D eigenvalue weighted by Gasteiger charge is -2.15. The van der Waals surface area contributed by atoms with Crippen LogP contribution in [0.15, 0.2) is 59.5 Å². The Morgan fingerprint density at radius 1 is 1.04 bits per heavy atom. The van der Waals surface area contributed by atoms with Gasteiger partial charge in [0, 0.05) is 12.1 Å². The second kappa shape index (κ2) is 10.3. The van der Waals surface area contributed by atoms with Crippen molar-refractivity contribution >= 4 is 15.7 Å². The van der Waals surface area contributed by atoms with Crippen LogP contribution in [0.25, 0.3) is 0 Å². The molecule has 0 heterocycles. The summed E-state index contributed by atoms with van der Waals surface area (Å²) >= 11 is 0. The molecule has 0 bridgehead atoms. The molecule has 0 aliphatic heterocycles. The van der Waals surface area contributed by atoms with Gasteiger partial charge in [-0.15, -0.1) is 0 Å². The normalized spacial score (nSPS) is 12.5. The lowest BCUT2D eigenvalue weighted by Crippen LogP contribution is -2.29. The van der Waals surface area contributed by atoms with Crippen LogP contribution < -0.4 is 5.32 Å². The fraction of sp³-hybridized carbons (Fsp3) is 0.409. The topological polar surface area (TPSA) is 63.2 Å². The van der Waals surface area contributed by atoms with Gasteiger partial charge in [-0.25, -0.2) is 8.42 Å². The Morgan fingerprint density at radius 2 is 1.78 bits per heavy atom. The zero-order valence-electron chi connectivity index (χ0n) is 16.1. The molecule has 0 saturated carbocycles. The first-order valence-electron chi connectivity index (χ1n) is 9.61. The third-order valence-corrected chi connectivity index (χ3v) is 6.45. The summed E-state index contributed by atoms with van der Waals surface area (Å²) in [5, 5.41) is 2.99. The Kier molecular flexibility index (Phi) is 8.04. The number of carbonyl (C=O) groups excluding carboxylic acids is 1. The minimum atomic E-state index is -3.43. The van der Waals surface area contributed by atoms with Gasteiger partial charge in [0.25, 0.3) is 5.91 Å². The molecule has 1 N–H and O–H groups in total. The maximum atomic E-state index is 12.5. The van der Waals surface area contributed by atoms with Crippen LogP contribution in [0.3, 0.4) is 0 Å². The molecule has 1 unspecified atom stereocenters. The Hall–Kier alpha value is -2.14. The minimum Gasteiger partial charge on any atom is -0.352 e. The predicted octanol–water partition coefficient (Wildman–Crippen LogP) is 4.61. The number of carbonyl (C=O) groups is 1. The number of unbranched alkanes of at least 4 members (excludes halogenated alkanes) is 1. The molecule has 1 amide bonds. The van der Waals surface area contributed by atoms with Crippen LogP contribution in [0.5, 0.6) is 0 Å². The van der Waals surface area contributed by atoms with Crippen LogP contribution in [-0.4, -0.2) is 20.9 Å². The van der Waals surface area contributed by atoms with Crippen molar-refractivity contribution < 1.29 is 13.2 Å². The lowest BCUT2D eigenvalue weighted by molar-refractivity contribution is 0.0945. The highest BCUT2D eigenvalue weighted by Crippen LogP contribution is 2.17. The van der Waals surface area contributed by atoms with Crippen molar-refractivity contribution in [2.24, 2.45) is 5.92 Å². The van der Waals surface area contributed by atoms with E-state index in [0.717, 1.165) is 19.3 Å². The molecule has 5 heteroatoms. The Morgan fingerprint density at radius 3 is 2.44 bits per heavy atom. The van der Waals surface area contributed by atoms with Crippen LogP contribution in [0, 0.1) is 5.92 Å². The first-order chi connectivity index (χ1) is 13.0. The molecule has 27 heavy (non-hydrogen) atoms. The van der Waals surface area contributed by atoms with E-state index in [1.165, 1.54) is 6.42 Å². The van der Waals surface area contributed by atoms with Crippen molar-refractivity contribution in [3.63, 3.8) is 0 Å². The van der Waals surface area contributed by atoms with Gasteiger partial charge in [-0.1, -0.05) is 63.4 Å². The SMILES string of the molecule is CCCCC(CC)CNC(=O)c1cccc(CS(=O)(=O)c2ccccc2)c1. The third kappa shape index (κ3) is 6.51. The third-order valence-electron chi connectivity index (χ3n) is 4.74. The highest BCUT2D eigenvalue weighted by molar-refractivity contribution is 7.90. The van der Waals surface area contributed by atoms with Gasteiger partial charge < -0.3 is 5.32 Å². The van der Waals surface area contributed by atoms with E-state index in [0.29, 0.717) is 28.5 Å². The predicted molar refractivity (Wildman–Crippen MR) is 109 cm³/mol. The maximum Gasteiger partial charge on any atom is 0.251 e. The zero-order valence-corrected chi connectivity index (χ0v) is 17.0. The van der Waals surface area contributed by atoms with E-state index in [4.69, 9.17) is 0 Å². The van der Waals surface area contributed by atoms with Crippen LogP contribution in [0.1, 0.15) is 55.5 Å². The zero-order chi connectivity index (χ0) is 19.7. The molecule has 0 fully saturated rings. The first-order valence-corrected chi connectivity index (χ1v) is 11.3. The van der Waals surface area contributed by atoms with Crippen molar-refractivity contribution in [1.29, 1.82) is 0 Å². The molecule has 2 aromatic rings. The van der Waals surface area contributed by atoms with Gasteiger partial charge >= 0.3 is 0 Å². The van der Waals surface area contributed by atoms with Gasteiger partial charge in [0.2, 0.25) is 0 Å². The van der Waals surface area contributed by atoms with Crippen LogP contribution >= 0.6 is 0 Å². The van der Waals surface area contributed by atoms with Gasteiger partial charge in [0.05, 0.1) is 10.6 Å². The van der Waals surface area contributed by atoms with E-state index in [1.54, 1.807) is 54.6 Å². The van der Waals surface area contributed by atoms with Crippen LogP contribution in [-0.2, 0) is 15.6 Å². The highest BCUT2D eigenvalue weighted by Gasteiger charge is 2.16. The summed E-state index contributed by atoms with van der Waals surface area (Å²) in [6.07, 6.45) is 4.47. The van der Waals surface area contributed by atoms with E-state index >= 15 is 0 Å². The van der Waals surface area contributed by atoms with E-state index in [9.17, 15) is 13.2 Å². The smallest absolute Gasteiger partial charge is 0.251 e. The molecule has 0 aromatic heterocycles. The minimum absolute atomic E-state index is 0.119. The quantitative estimate of drug-likeness (QED) is 0.648. The van der Waals surface area contributed by atoms with Crippen molar-refractivity contribution in [1.82, 2.24) is 5.32 Å². The summed E-state index contributed by atoms with van der Waals surface area (Å²) in [6, 6.07) is 15.3. The summed E-state index contributed by atoms with van der Waals surface area (Å²) < 4.78 is 25.1. The first kappa shape index (κ1) is 21.2. The molecule has 0 aliphatic rings. The van der Waals surface area contributed by atoms with Crippen LogP contribution in [0.4, 0.5) is 0 Å². The maximum absolute atomic E-state index is 12.5. The number of hydrogen-bond acceptors (Lipinski definition) is 3. The second-order valence-corrected chi connectivity index (χ2v) is 8.89. The summed E-state index contributed by atoms with van der Waals surface area (Å²) in [7, 11) is -3.43.